The molecule has 0 unspecified atom stereocenters. The van der Waals surface area contributed by atoms with Crippen LogP contribution in [-0.2, 0) is 10.0 Å². The highest BCUT2D eigenvalue weighted by Gasteiger charge is 2.19. The monoisotopic (exact) mass is 334 g/mol. The van der Waals surface area contributed by atoms with Crippen LogP contribution in [0, 0.1) is 12.7 Å². The smallest absolute Gasteiger partial charge is 0.261 e. The second kappa shape index (κ2) is 6.20. The van der Waals surface area contributed by atoms with Crippen LogP contribution in [0.4, 0.5) is 15.8 Å². The first-order chi connectivity index (χ1) is 11.0. The molecule has 1 fully saturated rings. The molecule has 0 bridgehead atoms. The van der Waals surface area contributed by atoms with Gasteiger partial charge in [0.15, 0.2) is 0 Å². The number of hydrogen-bond acceptors (Lipinski definition) is 3. The van der Waals surface area contributed by atoms with E-state index in [-0.39, 0.29) is 10.6 Å². The number of aryl methyl sites for hydroxylation is 1. The van der Waals surface area contributed by atoms with E-state index in [1.54, 1.807) is 24.3 Å². The molecule has 0 spiro atoms. The molecule has 1 aliphatic rings. The Labute approximate surface area is 136 Å². The number of sulfonamides is 1. The van der Waals surface area contributed by atoms with Gasteiger partial charge >= 0.3 is 0 Å². The number of benzene rings is 2. The third-order valence-corrected chi connectivity index (χ3v) is 5.33. The Morgan fingerprint density at radius 3 is 2.52 bits per heavy atom. The van der Waals surface area contributed by atoms with Crippen LogP contribution in [0.3, 0.4) is 0 Å². The predicted octanol–water partition coefficient (Wildman–Crippen LogP) is 3.54. The lowest BCUT2D eigenvalue weighted by Gasteiger charge is -2.19. The van der Waals surface area contributed by atoms with E-state index in [1.807, 2.05) is 13.0 Å². The summed E-state index contributed by atoms with van der Waals surface area (Å²) in [6.45, 7) is 3.64. The average Bonchev–Trinajstić information content (AvgIpc) is 3.04. The first-order valence-electron chi connectivity index (χ1n) is 7.60. The Bertz CT molecular complexity index is 815. The number of halogens is 1. The zero-order chi connectivity index (χ0) is 16.4. The Morgan fingerprint density at radius 2 is 1.83 bits per heavy atom. The molecular formula is C17H19FN2O2S. The third-order valence-electron chi connectivity index (χ3n) is 3.97. The van der Waals surface area contributed by atoms with Gasteiger partial charge in [-0.25, -0.2) is 12.8 Å². The molecule has 6 heteroatoms. The molecule has 1 aliphatic heterocycles. The van der Waals surface area contributed by atoms with Crippen molar-refractivity contribution in [2.75, 3.05) is 22.7 Å². The molecule has 23 heavy (non-hydrogen) atoms. The van der Waals surface area contributed by atoms with Gasteiger partial charge in [-0.3, -0.25) is 4.72 Å². The molecule has 1 saturated heterocycles. The number of nitrogens with one attached hydrogen (secondary N) is 1. The molecule has 2 aromatic carbocycles. The summed E-state index contributed by atoms with van der Waals surface area (Å²) >= 11 is 0. The molecule has 4 nitrogen and oxygen atoms in total. The summed E-state index contributed by atoms with van der Waals surface area (Å²) in [6.07, 6.45) is 2.20. The second-order valence-corrected chi connectivity index (χ2v) is 7.46. The minimum absolute atomic E-state index is 0.0177. The van der Waals surface area contributed by atoms with Crippen molar-refractivity contribution in [1.29, 1.82) is 0 Å². The van der Waals surface area contributed by atoms with Crippen molar-refractivity contribution in [3.63, 3.8) is 0 Å². The van der Waals surface area contributed by atoms with Crippen LogP contribution < -0.4 is 9.62 Å². The van der Waals surface area contributed by atoms with Crippen LogP contribution in [0.5, 0.6) is 0 Å². The van der Waals surface area contributed by atoms with Crippen molar-refractivity contribution in [3.8, 4) is 0 Å². The molecule has 0 amide bonds. The number of hydrogen-bond donors (Lipinski definition) is 1. The van der Waals surface area contributed by atoms with Crippen molar-refractivity contribution in [3.05, 3.63) is 53.8 Å². The highest BCUT2D eigenvalue weighted by Crippen LogP contribution is 2.27. The van der Waals surface area contributed by atoms with Crippen LogP contribution in [0.2, 0.25) is 0 Å². The maximum atomic E-state index is 14.0. The molecule has 0 saturated carbocycles. The first kappa shape index (κ1) is 15.8. The molecule has 0 radical (unpaired) electrons. The first-order valence-corrected chi connectivity index (χ1v) is 9.08. The largest absolute Gasteiger partial charge is 0.371 e. The van der Waals surface area contributed by atoms with Crippen molar-refractivity contribution < 1.29 is 12.8 Å². The van der Waals surface area contributed by atoms with E-state index >= 15 is 0 Å². The minimum atomic E-state index is -3.81. The third kappa shape index (κ3) is 3.47. The van der Waals surface area contributed by atoms with E-state index in [0.717, 1.165) is 37.2 Å². The van der Waals surface area contributed by atoms with Gasteiger partial charge in [0.2, 0.25) is 0 Å². The van der Waals surface area contributed by atoms with E-state index < -0.39 is 15.8 Å². The standard InChI is InChI=1S/C17H19FN2O2S/c1-13-5-4-6-15(11-13)23(21,22)19-17-12-14(7-8-16(17)18)20-9-2-3-10-20/h4-8,11-12,19H,2-3,9-10H2,1H3. The maximum absolute atomic E-state index is 14.0. The fraction of sp³-hybridized carbons (Fsp3) is 0.294. The van der Waals surface area contributed by atoms with E-state index in [0.29, 0.717) is 0 Å². The molecule has 0 aromatic heterocycles. The van der Waals surface area contributed by atoms with Gasteiger partial charge in [0.05, 0.1) is 10.6 Å². The van der Waals surface area contributed by atoms with E-state index in [2.05, 4.69) is 9.62 Å². The van der Waals surface area contributed by atoms with Crippen molar-refractivity contribution in [1.82, 2.24) is 0 Å². The van der Waals surface area contributed by atoms with Gasteiger partial charge in [-0.15, -0.1) is 0 Å². The Morgan fingerprint density at radius 1 is 1.09 bits per heavy atom. The lowest BCUT2D eigenvalue weighted by atomic mass is 10.2. The average molecular weight is 334 g/mol. The highest BCUT2D eigenvalue weighted by atomic mass is 32.2. The summed E-state index contributed by atoms with van der Waals surface area (Å²) in [5.74, 6) is -0.579. The minimum Gasteiger partial charge on any atom is -0.371 e. The second-order valence-electron chi connectivity index (χ2n) is 5.78. The normalized spacial score (nSPS) is 15.0. The van der Waals surface area contributed by atoms with Gasteiger partial charge in [0.25, 0.3) is 10.0 Å². The Balaban J connectivity index is 1.91. The number of anilines is 2. The van der Waals surface area contributed by atoms with Crippen molar-refractivity contribution in [2.24, 2.45) is 0 Å². The maximum Gasteiger partial charge on any atom is 0.261 e. The van der Waals surface area contributed by atoms with Gasteiger partial charge in [0.1, 0.15) is 5.82 Å². The van der Waals surface area contributed by atoms with Crippen LogP contribution in [0.25, 0.3) is 0 Å². The summed E-state index contributed by atoms with van der Waals surface area (Å²) in [4.78, 5) is 2.26. The summed E-state index contributed by atoms with van der Waals surface area (Å²) in [6, 6.07) is 11.1. The molecule has 2 aromatic rings. The molecule has 1 heterocycles. The fourth-order valence-corrected chi connectivity index (χ4v) is 3.91. The zero-order valence-corrected chi connectivity index (χ0v) is 13.7. The quantitative estimate of drug-likeness (QED) is 0.930. The van der Waals surface area contributed by atoms with E-state index in [9.17, 15) is 12.8 Å². The predicted molar refractivity (Wildman–Crippen MR) is 89.8 cm³/mol. The van der Waals surface area contributed by atoms with E-state index in [1.165, 1.54) is 12.1 Å². The lowest BCUT2D eigenvalue weighted by molar-refractivity contribution is 0.598. The Kier molecular flexibility index (Phi) is 4.26. The highest BCUT2D eigenvalue weighted by molar-refractivity contribution is 7.92. The summed E-state index contributed by atoms with van der Waals surface area (Å²) < 4.78 is 41.3. The SMILES string of the molecule is Cc1cccc(S(=O)(=O)Nc2cc(N3CCCC3)ccc2F)c1. The summed E-state index contributed by atoms with van der Waals surface area (Å²) in [5.41, 5.74) is 1.65. The number of nitrogens with zero attached hydrogens (tertiary/aromatic N) is 1. The topological polar surface area (TPSA) is 49.4 Å². The lowest BCUT2D eigenvalue weighted by Crippen LogP contribution is -2.19. The molecule has 0 aliphatic carbocycles. The van der Waals surface area contributed by atoms with Crippen LogP contribution in [0.1, 0.15) is 18.4 Å². The number of rotatable bonds is 4. The van der Waals surface area contributed by atoms with Crippen molar-refractivity contribution in [2.45, 2.75) is 24.7 Å². The van der Waals surface area contributed by atoms with Gasteiger partial charge in [-0.2, -0.15) is 0 Å². The summed E-state index contributed by atoms with van der Waals surface area (Å²) in [7, 11) is -3.81. The summed E-state index contributed by atoms with van der Waals surface area (Å²) in [5, 5.41) is 0. The van der Waals surface area contributed by atoms with Gasteiger partial charge in [-0.05, 0) is 55.7 Å². The van der Waals surface area contributed by atoms with E-state index in [4.69, 9.17) is 0 Å². The molecule has 1 N–H and O–H groups in total. The Hall–Kier alpha value is -2.08. The molecular weight excluding hydrogens is 315 g/mol. The van der Waals surface area contributed by atoms with Crippen LogP contribution >= 0.6 is 0 Å². The van der Waals surface area contributed by atoms with Gasteiger partial charge in [0, 0.05) is 18.8 Å². The van der Waals surface area contributed by atoms with Crippen molar-refractivity contribution >= 4 is 21.4 Å². The zero-order valence-electron chi connectivity index (χ0n) is 12.9. The van der Waals surface area contributed by atoms with Crippen LogP contribution in [0.15, 0.2) is 47.4 Å². The van der Waals surface area contributed by atoms with Gasteiger partial charge in [-0.1, -0.05) is 12.1 Å². The molecule has 122 valence electrons. The van der Waals surface area contributed by atoms with Gasteiger partial charge < -0.3 is 4.90 Å². The molecule has 0 atom stereocenters. The molecule has 3 rings (SSSR count). The fourth-order valence-electron chi connectivity index (χ4n) is 2.75. The van der Waals surface area contributed by atoms with Crippen LogP contribution in [-0.4, -0.2) is 21.5 Å².